The summed E-state index contributed by atoms with van der Waals surface area (Å²) in [5.74, 6) is -0.316. The van der Waals surface area contributed by atoms with Crippen LogP contribution < -0.4 is 16.4 Å². The first-order chi connectivity index (χ1) is 14.0. The van der Waals surface area contributed by atoms with Crippen LogP contribution in [0.15, 0.2) is 29.2 Å². The summed E-state index contributed by atoms with van der Waals surface area (Å²) < 4.78 is 3.23. The summed E-state index contributed by atoms with van der Waals surface area (Å²) in [6, 6.07) is 5.25. The molecule has 0 unspecified atom stereocenters. The molecule has 29 heavy (non-hydrogen) atoms. The van der Waals surface area contributed by atoms with E-state index in [1.165, 1.54) is 10.5 Å². The van der Waals surface area contributed by atoms with E-state index in [-0.39, 0.29) is 22.5 Å². The maximum Gasteiger partial charge on any atom is 0.267 e. The van der Waals surface area contributed by atoms with Gasteiger partial charge in [-0.15, -0.1) is 0 Å². The molecule has 0 bridgehead atoms. The van der Waals surface area contributed by atoms with Crippen molar-refractivity contribution in [1.29, 1.82) is 5.41 Å². The highest BCUT2D eigenvalue weighted by atomic mass is 16.1. The van der Waals surface area contributed by atoms with Crippen LogP contribution in [0.3, 0.4) is 0 Å². The molecule has 0 spiro atoms. The van der Waals surface area contributed by atoms with Crippen LogP contribution in [0, 0.1) is 12.3 Å². The second-order valence-electron chi connectivity index (χ2n) is 7.41. The molecule has 3 rings (SSSR count). The van der Waals surface area contributed by atoms with Gasteiger partial charge in [-0.25, -0.2) is 4.98 Å². The predicted molar refractivity (Wildman–Crippen MR) is 114 cm³/mol. The molecule has 0 atom stereocenters. The van der Waals surface area contributed by atoms with E-state index in [0.29, 0.717) is 29.8 Å². The van der Waals surface area contributed by atoms with Gasteiger partial charge < -0.3 is 9.88 Å². The molecule has 0 saturated carbocycles. The number of aryl methyl sites for hydroxylation is 2. The van der Waals surface area contributed by atoms with E-state index in [9.17, 15) is 9.59 Å². The van der Waals surface area contributed by atoms with Crippen molar-refractivity contribution in [3.63, 3.8) is 0 Å². The first kappa shape index (κ1) is 20.8. The van der Waals surface area contributed by atoms with Gasteiger partial charge in [0.15, 0.2) is 0 Å². The van der Waals surface area contributed by atoms with Crippen LogP contribution in [0.4, 0.5) is 0 Å². The third kappa shape index (κ3) is 4.09. The number of hydrogen-bond donors (Lipinski definition) is 2. The van der Waals surface area contributed by atoms with Gasteiger partial charge in [0, 0.05) is 19.3 Å². The van der Waals surface area contributed by atoms with E-state index in [1.54, 1.807) is 10.8 Å². The molecule has 154 valence electrons. The monoisotopic (exact) mass is 395 g/mol. The topological polar surface area (TPSA) is 92.2 Å². The number of amides is 1. The molecule has 0 radical (unpaired) electrons. The van der Waals surface area contributed by atoms with Crippen molar-refractivity contribution in [3.05, 3.63) is 51.4 Å². The number of rotatable bonds is 8. The van der Waals surface area contributed by atoms with Gasteiger partial charge >= 0.3 is 0 Å². The zero-order chi connectivity index (χ0) is 21.0. The number of hydrogen-bond acceptors (Lipinski definition) is 4. The summed E-state index contributed by atoms with van der Waals surface area (Å²) in [7, 11) is 0. The minimum absolute atomic E-state index is 0.104. The molecule has 3 aromatic rings. The Kier molecular flexibility index (Phi) is 6.46. The van der Waals surface area contributed by atoms with E-state index >= 15 is 0 Å². The van der Waals surface area contributed by atoms with E-state index in [4.69, 9.17) is 10.4 Å². The number of unbranched alkanes of at least 4 members (excludes halogenated alkanes) is 3. The number of nitrogens with one attached hydrogen (secondary N) is 2. The molecule has 1 amide bonds. The normalized spacial score (nSPS) is 11.3. The average Bonchev–Trinajstić information content (AvgIpc) is 2.71. The summed E-state index contributed by atoms with van der Waals surface area (Å²) in [6.45, 7) is 7.18. The van der Waals surface area contributed by atoms with Crippen LogP contribution >= 0.6 is 0 Å². The lowest BCUT2D eigenvalue weighted by Gasteiger charge is -2.15. The molecule has 0 saturated heterocycles. The Morgan fingerprint density at radius 2 is 1.93 bits per heavy atom. The van der Waals surface area contributed by atoms with Crippen molar-refractivity contribution in [2.45, 2.75) is 59.4 Å². The lowest BCUT2D eigenvalue weighted by molar-refractivity contribution is 0.0950. The Morgan fingerprint density at radius 1 is 1.17 bits per heavy atom. The second kappa shape index (κ2) is 9.03. The first-order valence-electron chi connectivity index (χ1n) is 10.4. The fourth-order valence-corrected chi connectivity index (χ4v) is 3.48. The van der Waals surface area contributed by atoms with Gasteiger partial charge in [-0.05, 0) is 37.5 Å². The molecule has 3 heterocycles. The highest BCUT2D eigenvalue weighted by Crippen LogP contribution is 2.13. The van der Waals surface area contributed by atoms with Crippen molar-refractivity contribution >= 4 is 22.6 Å². The average molecular weight is 396 g/mol. The Labute approximate surface area is 169 Å². The van der Waals surface area contributed by atoms with E-state index in [1.807, 2.05) is 19.1 Å². The third-order valence-corrected chi connectivity index (χ3v) is 5.18. The van der Waals surface area contributed by atoms with E-state index < -0.39 is 0 Å². The molecule has 0 aromatic carbocycles. The summed E-state index contributed by atoms with van der Waals surface area (Å²) >= 11 is 0. The van der Waals surface area contributed by atoms with Crippen LogP contribution in [-0.4, -0.2) is 26.4 Å². The molecule has 0 fully saturated rings. The van der Waals surface area contributed by atoms with Gasteiger partial charge in [0.2, 0.25) is 0 Å². The molecular formula is C22H29N5O2. The maximum absolute atomic E-state index is 13.2. The second-order valence-corrected chi connectivity index (χ2v) is 7.41. The SMILES string of the molecule is CCCCCn1c(=N)c(C(=O)NCCCC)cc2c(=O)n3cccc(C)c3nc21. The predicted octanol–water partition coefficient (Wildman–Crippen LogP) is 3.16. The smallest absolute Gasteiger partial charge is 0.267 e. The van der Waals surface area contributed by atoms with Crippen LogP contribution in [0.2, 0.25) is 0 Å². The minimum Gasteiger partial charge on any atom is -0.352 e. The Balaban J connectivity index is 2.26. The number of carbonyl (C=O) groups is 1. The number of nitrogens with zero attached hydrogens (tertiary/aromatic N) is 3. The van der Waals surface area contributed by atoms with Crippen LogP contribution in [0.25, 0.3) is 16.7 Å². The minimum atomic E-state index is -0.316. The van der Waals surface area contributed by atoms with Crippen molar-refractivity contribution < 1.29 is 4.79 Å². The van der Waals surface area contributed by atoms with Crippen molar-refractivity contribution in [3.8, 4) is 0 Å². The van der Waals surface area contributed by atoms with Crippen molar-refractivity contribution in [2.75, 3.05) is 6.54 Å². The molecule has 0 aliphatic rings. The number of aromatic nitrogens is 3. The summed E-state index contributed by atoms with van der Waals surface area (Å²) in [5, 5.41) is 11.9. The highest BCUT2D eigenvalue weighted by molar-refractivity contribution is 5.96. The quantitative estimate of drug-likeness (QED) is 0.453. The fraction of sp³-hybridized carbons (Fsp3) is 0.455. The van der Waals surface area contributed by atoms with Crippen molar-refractivity contribution in [1.82, 2.24) is 19.3 Å². The largest absolute Gasteiger partial charge is 0.352 e. The molecule has 3 aromatic heterocycles. The van der Waals surface area contributed by atoms with Gasteiger partial charge in [-0.1, -0.05) is 39.2 Å². The first-order valence-corrected chi connectivity index (χ1v) is 10.4. The molecule has 7 heteroatoms. The molecular weight excluding hydrogens is 366 g/mol. The molecule has 0 aliphatic heterocycles. The maximum atomic E-state index is 13.2. The van der Waals surface area contributed by atoms with E-state index in [2.05, 4.69) is 19.2 Å². The van der Waals surface area contributed by atoms with Gasteiger partial charge in [0.25, 0.3) is 11.5 Å². The molecule has 7 nitrogen and oxygen atoms in total. The zero-order valence-electron chi connectivity index (χ0n) is 17.4. The lowest BCUT2D eigenvalue weighted by atomic mass is 10.1. The lowest BCUT2D eigenvalue weighted by Crippen LogP contribution is -2.35. The molecule has 2 N–H and O–H groups in total. The number of fused-ring (bicyclic) bond motifs is 2. The summed E-state index contributed by atoms with van der Waals surface area (Å²) in [6.07, 6.45) is 6.44. The number of pyridine rings is 2. The highest BCUT2D eigenvalue weighted by Gasteiger charge is 2.17. The summed E-state index contributed by atoms with van der Waals surface area (Å²) in [5.41, 5.74) is 2.04. The Hall–Kier alpha value is -2.96. The van der Waals surface area contributed by atoms with Gasteiger partial charge in [-0.2, -0.15) is 0 Å². The zero-order valence-corrected chi connectivity index (χ0v) is 17.4. The van der Waals surface area contributed by atoms with Crippen LogP contribution in [0.1, 0.15) is 61.9 Å². The Morgan fingerprint density at radius 3 is 2.66 bits per heavy atom. The van der Waals surface area contributed by atoms with Crippen LogP contribution in [-0.2, 0) is 6.54 Å². The molecule has 0 aliphatic carbocycles. The van der Waals surface area contributed by atoms with Gasteiger partial charge in [0.05, 0.1) is 10.9 Å². The van der Waals surface area contributed by atoms with Crippen molar-refractivity contribution in [2.24, 2.45) is 0 Å². The summed E-state index contributed by atoms with van der Waals surface area (Å²) in [4.78, 5) is 30.6. The third-order valence-electron chi connectivity index (χ3n) is 5.18. The Bertz CT molecular complexity index is 1160. The fourth-order valence-electron chi connectivity index (χ4n) is 3.48. The number of carbonyl (C=O) groups excluding carboxylic acids is 1. The van der Waals surface area contributed by atoms with Gasteiger partial charge in [-0.3, -0.25) is 19.4 Å². The van der Waals surface area contributed by atoms with Crippen LogP contribution in [0.5, 0.6) is 0 Å². The standard InChI is InChI=1S/C22H29N5O2/c1-4-6-8-12-26-18(23)16(21(28)24-11-7-5-2)14-17-20(26)25-19-15(3)10-9-13-27(19)22(17)29/h9-10,13-14,23H,4-8,11-12H2,1-3H3,(H,24,28). The van der Waals surface area contributed by atoms with Gasteiger partial charge in [0.1, 0.15) is 16.8 Å². The van der Waals surface area contributed by atoms with E-state index in [0.717, 1.165) is 37.7 Å².